The van der Waals surface area contributed by atoms with Crippen molar-refractivity contribution in [1.29, 1.82) is 0 Å². The van der Waals surface area contributed by atoms with Crippen LogP contribution in [0.15, 0.2) is 42.1 Å². The van der Waals surface area contributed by atoms with Gasteiger partial charge in [0.1, 0.15) is 12.5 Å². The molecule has 0 spiro atoms. The van der Waals surface area contributed by atoms with Crippen molar-refractivity contribution >= 4 is 11.7 Å². The van der Waals surface area contributed by atoms with E-state index in [2.05, 4.69) is 20.4 Å². The van der Waals surface area contributed by atoms with Crippen LogP contribution in [0.2, 0.25) is 0 Å². The lowest BCUT2D eigenvalue weighted by molar-refractivity contribution is -0.165. The van der Waals surface area contributed by atoms with E-state index in [0.29, 0.717) is 18.5 Å². The lowest BCUT2D eigenvalue weighted by Gasteiger charge is -2.15. The molecule has 1 aliphatic rings. The zero-order chi connectivity index (χ0) is 22.1. The number of aromatic nitrogens is 1. The highest BCUT2D eigenvalue weighted by atomic mass is 19.4. The van der Waals surface area contributed by atoms with Crippen molar-refractivity contribution in [2.24, 2.45) is 17.4 Å². The van der Waals surface area contributed by atoms with Gasteiger partial charge in [-0.15, -0.1) is 0 Å². The monoisotopic (exact) mass is 429 g/mol. The molecule has 1 saturated carbocycles. The SMILES string of the molecule is CC(NC(=O)/C(N)=C/C=C(\N)OCC(F)(F)F)c1ccnc(NCOCC2CC2)c1. The Morgan fingerprint density at radius 1 is 1.37 bits per heavy atom. The third-order valence-corrected chi connectivity index (χ3v) is 4.13. The van der Waals surface area contributed by atoms with Crippen LogP contribution >= 0.6 is 0 Å². The molecule has 1 heterocycles. The molecule has 1 atom stereocenters. The van der Waals surface area contributed by atoms with E-state index in [1.807, 2.05) is 0 Å². The minimum Gasteiger partial charge on any atom is -0.470 e. The number of nitrogens with zero attached hydrogens (tertiary/aromatic N) is 1. The van der Waals surface area contributed by atoms with Gasteiger partial charge in [-0.25, -0.2) is 4.98 Å². The van der Waals surface area contributed by atoms with Crippen molar-refractivity contribution in [2.75, 3.05) is 25.3 Å². The van der Waals surface area contributed by atoms with E-state index in [1.54, 1.807) is 25.3 Å². The van der Waals surface area contributed by atoms with Crippen molar-refractivity contribution in [3.8, 4) is 0 Å². The van der Waals surface area contributed by atoms with E-state index in [0.717, 1.165) is 24.3 Å². The van der Waals surface area contributed by atoms with Gasteiger partial charge in [0, 0.05) is 6.20 Å². The maximum absolute atomic E-state index is 12.2. The van der Waals surface area contributed by atoms with Crippen LogP contribution in [0, 0.1) is 5.92 Å². The van der Waals surface area contributed by atoms with Crippen LogP contribution in [-0.2, 0) is 14.3 Å². The fraction of sp³-hybridized carbons (Fsp3) is 0.474. The number of allylic oxidation sites excluding steroid dienone is 2. The Hall–Kier alpha value is -2.95. The fourth-order valence-corrected chi connectivity index (χ4v) is 2.27. The van der Waals surface area contributed by atoms with Gasteiger partial charge in [0.15, 0.2) is 12.5 Å². The van der Waals surface area contributed by atoms with Gasteiger partial charge in [0.25, 0.3) is 5.91 Å². The van der Waals surface area contributed by atoms with E-state index in [-0.39, 0.29) is 5.70 Å². The Balaban J connectivity index is 1.83. The van der Waals surface area contributed by atoms with E-state index in [9.17, 15) is 18.0 Å². The third kappa shape index (κ3) is 9.03. The normalized spacial score (nSPS) is 16.1. The number of rotatable bonds is 11. The molecular formula is C19H26F3N5O3. The Morgan fingerprint density at radius 3 is 2.77 bits per heavy atom. The second kappa shape index (κ2) is 10.7. The molecule has 0 saturated heterocycles. The number of nitrogens with two attached hydrogens (primary N) is 2. The maximum Gasteiger partial charge on any atom is 0.422 e. The van der Waals surface area contributed by atoms with Gasteiger partial charge in [0.2, 0.25) is 0 Å². The molecule has 1 aliphatic carbocycles. The van der Waals surface area contributed by atoms with Crippen LogP contribution in [0.25, 0.3) is 0 Å². The van der Waals surface area contributed by atoms with Crippen molar-refractivity contribution in [1.82, 2.24) is 10.3 Å². The largest absolute Gasteiger partial charge is 0.470 e. The fourth-order valence-electron chi connectivity index (χ4n) is 2.27. The molecule has 30 heavy (non-hydrogen) atoms. The molecule has 1 unspecified atom stereocenters. The Bertz CT molecular complexity index is 779. The van der Waals surface area contributed by atoms with Gasteiger partial charge in [-0.1, -0.05) is 0 Å². The average molecular weight is 429 g/mol. The van der Waals surface area contributed by atoms with Crippen LogP contribution < -0.4 is 22.1 Å². The summed E-state index contributed by atoms with van der Waals surface area (Å²) in [6.07, 6.45) is 1.58. The molecular weight excluding hydrogens is 403 g/mol. The average Bonchev–Trinajstić information content (AvgIpc) is 3.51. The summed E-state index contributed by atoms with van der Waals surface area (Å²) < 4.78 is 46.0. The highest BCUT2D eigenvalue weighted by molar-refractivity contribution is 5.92. The number of nitrogens with one attached hydrogen (secondary N) is 2. The van der Waals surface area contributed by atoms with Gasteiger partial charge >= 0.3 is 6.18 Å². The van der Waals surface area contributed by atoms with Crippen molar-refractivity contribution in [3.63, 3.8) is 0 Å². The predicted molar refractivity (Wildman–Crippen MR) is 105 cm³/mol. The van der Waals surface area contributed by atoms with Crippen molar-refractivity contribution < 1.29 is 27.4 Å². The number of alkyl halides is 3. The number of carbonyl (C=O) groups excluding carboxylic acids is 1. The molecule has 1 amide bonds. The second-order valence-electron chi connectivity index (χ2n) is 6.90. The molecule has 166 valence electrons. The molecule has 2 rings (SSSR count). The number of carbonyl (C=O) groups is 1. The molecule has 1 aromatic heterocycles. The summed E-state index contributed by atoms with van der Waals surface area (Å²) in [7, 11) is 0. The quantitative estimate of drug-likeness (QED) is 0.140. The Kier molecular flexibility index (Phi) is 8.34. The first-order valence-corrected chi connectivity index (χ1v) is 9.35. The second-order valence-corrected chi connectivity index (χ2v) is 6.90. The van der Waals surface area contributed by atoms with E-state index >= 15 is 0 Å². The zero-order valence-corrected chi connectivity index (χ0v) is 16.5. The zero-order valence-electron chi connectivity index (χ0n) is 16.5. The minimum atomic E-state index is -4.51. The molecule has 1 fully saturated rings. The van der Waals surface area contributed by atoms with Gasteiger partial charge in [0.05, 0.1) is 18.3 Å². The number of amides is 1. The first-order chi connectivity index (χ1) is 14.1. The van der Waals surface area contributed by atoms with Crippen LogP contribution in [0.3, 0.4) is 0 Å². The Morgan fingerprint density at radius 2 is 2.10 bits per heavy atom. The first kappa shape index (κ1) is 23.3. The van der Waals surface area contributed by atoms with Crippen LogP contribution in [0.4, 0.5) is 19.0 Å². The molecule has 0 aliphatic heterocycles. The van der Waals surface area contributed by atoms with Crippen LogP contribution in [0.1, 0.15) is 31.4 Å². The van der Waals surface area contributed by atoms with E-state index in [1.165, 1.54) is 12.8 Å². The Labute approximate surface area is 172 Å². The standard InChI is InChI=1S/C19H26F3N5O3/c1-12(14-6-7-25-17(8-14)26-11-29-9-13-2-3-13)27-18(28)15(23)4-5-16(24)30-10-19(20,21)22/h4-8,12-13H,2-3,9-11,23-24H2,1H3,(H,25,26)(H,27,28)/b15-4-,16-5+. The van der Waals surface area contributed by atoms with Crippen molar-refractivity contribution in [2.45, 2.75) is 32.0 Å². The number of ether oxygens (including phenoxy) is 2. The number of pyridine rings is 1. The molecule has 6 N–H and O–H groups in total. The summed E-state index contributed by atoms with van der Waals surface area (Å²) in [6, 6.07) is 3.11. The van der Waals surface area contributed by atoms with E-state index in [4.69, 9.17) is 16.2 Å². The highest BCUT2D eigenvalue weighted by Crippen LogP contribution is 2.28. The van der Waals surface area contributed by atoms with Crippen molar-refractivity contribution in [3.05, 3.63) is 47.6 Å². The molecule has 0 radical (unpaired) electrons. The molecule has 0 aromatic carbocycles. The van der Waals surface area contributed by atoms with Gasteiger partial charge in [-0.2, -0.15) is 13.2 Å². The number of hydrogen-bond acceptors (Lipinski definition) is 7. The first-order valence-electron chi connectivity index (χ1n) is 9.35. The summed E-state index contributed by atoms with van der Waals surface area (Å²) in [5.74, 6) is 0.151. The lowest BCUT2D eigenvalue weighted by Crippen LogP contribution is -2.31. The summed E-state index contributed by atoms with van der Waals surface area (Å²) >= 11 is 0. The van der Waals surface area contributed by atoms with Crippen LogP contribution in [-0.4, -0.2) is 37.0 Å². The summed E-state index contributed by atoms with van der Waals surface area (Å²) in [5.41, 5.74) is 11.5. The summed E-state index contributed by atoms with van der Waals surface area (Å²) in [5, 5.41) is 5.74. The molecule has 11 heteroatoms. The number of anilines is 1. The minimum absolute atomic E-state index is 0.235. The van der Waals surface area contributed by atoms with Gasteiger partial charge in [-0.3, -0.25) is 4.79 Å². The van der Waals surface area contributed by atoms with E-state index < -0.39 is 30.6 Å². The lowest BCUT2D eigenvalue weighted by atomic mass is 10.1. The molecule has 8 nitrogen and oxygen atoms in total. The maximum atomic E-state index is 12.2. The predicted octanol–water partition coefficient (Wildman–Crippen LogP) is 2.28. The van der Waals surface area contributed by atoms with Gasteiger partial charge < -0.3 is 31.6 Å². The van der Waals surface area contributed by atoms with Gasteiger partial charge in [-0.05, 0) is 55.5 Å². The number of hydrogen-bond donors (Lipinski definition) is 4. The smallest absolute Gasteiger partial charge is 0.422 e. The topological polar surface area (TPSA) is 125 Å². The molecule has 1 aromatic rings. The highest BCUT2D eigenvalue weighted by Gasteiger charge is 2.28. The van der Waals surface area contributed by atoms with Crippen LogP contribution in [0.5, 0.6) is 0 Å². The third-order valence-electron chi connectivity index (χ3n) is 4.13. The summed E-state index contributed by atoms with van der Waals surface area (Å²) in [4.78, 5) is 16.4. The summed E-state index contributed by atoms with van der Waals surface area (Å²) in [6.45, 7) is 1.29. The number of halogens is 3. The molecule has 0 bridgehead atoms.